The van der Waals surface area contributed by atoms with E-state index in [1.807, 2.05) is 0 Å². The van der Waals surface area contributed by atoms with Gasteiger partial charge in [0.05, 0.1) is 28.8 Å². The molecular weight excluding hydrogens is 579 g/mol. The number of benzene rings is 2. The highest BCUT2D eigenvalue weighted by Crippen LogP contribution is 2.49. The lowest BCUT2D eigenvalue weighted by molar-refractivity contribution is -0.137. The first-order chi connectivity index (χ1) is 18.9. The van der Waals surface area contributed by atoms with Gasteiger partial charge in [0.2, 0.25) is 5.91 Å². The Morgan fingerprint density at radius 1 is 1.18 bits per heavy atom. The first kappa shape index (κ1) is 28.4. The number of piperazine rings is 1. The Labute approximate surface area is 234 Å². The SMILES string of the molecule is C=CC(=O)N1CCN(c2nc(=O)n3c4c(c(-c5cc(Cl)c(F)cc5F)c(C(F)(F)F)cc24)SC[C@@H](OC)C3)CC1. The highest BCUT2D eigenvalue weighted by molar-refractivity contribution is 7.99. The minimum absolute atomic E-state index is 0.00180. The molecule has 0 spiro atoms. The van der Waals surface area contributed by atoms with Crippen LogP contribution in [0, 0.1) is 11.6 Å². The maximum absolute atomic E-state index is 15.1. The number of carbonyl (C=O) groups is 1. The summed E-state index contributed by atoms with van der Waals surface area (Å²) in [5.74, 6) is -2.47. The maximum Gasteiger partial charge on any atom is 0.417 e. The molecule has 0 aliphatic carbocycles. The summed E-state index contributed by atoms with van der Waals surface area (Å²) in [5.41, 5.74) is -2.87. The van der Waals surface area contributed by atoms with E-state index in [0.29, 0.717) is 6.07 Å². The topological polar surface area (TPSA) is 67.7 Å². The predicted octanol–water partition coefficient (Wildman–Crippen LogP) is 4.97. The Balaban J connectivity index is 1.83. The molecule has 3 aromatic rings. The molecule has 0 bridgehead atoms. The summed E-state index contributed by atoms with van der Waals surface area (Å²) in [6.45, 7) is 4.37. The zero-order chi connectivity index (χ0) is 28.9. The van der Waals surface area contributed by atoms with Gasteiger partial charge in [-0.15, -0.1) is 11.8 Å². The zero-order valence-electron chi connectivity index (χ0n) is 21.0. The fourth-order valence-electron chi connectivity index (χ4n) is 4.99. The van der Waals surface area contributed by atoms with Crippen LogP contribution in [0.3, 0.4) is 0 Å². The van der Waals surface area contributed by atoms with Crippen LogP contribution in [0.25, 0.3) is 22.0 Å². The number of halogens is 6. The maximum atomic E-state index is 15.1. The van der Waals surface area contributed by atoms with Crippen molar-refractivity contribution in [2.75, 3.05) is 43.9 Å². The van der Waals surface area contributed by atoms with E-state index in [4.69, 9.17) is 16.3 Å². The highest BCUT2D eigenvalue weighted by Gasteiger charge is 2.39. The Morgan fingerprint density at radius 3 is 2.50 bits per heavy atom. The second kappa shape index (κ2) is 10.7. The van der Waals surface area contributed by atoms with Crippen LogP contribution < -0.4 is 10.6 Å². The lowest BCUT2D eigenvalue weighted by atomic mass is 9.95. The number of aromatic nitrogens is 2. The van der Waals surface area contributed by atoms with Crippen LogP contribution in [0.4, 0.5) is 27.8 Å². The molecule has 40 heavy (non-hydrogen) atoms. The van der Waals surface area contributed by atoms with Gasteiger partial charge < -0.3 is 14.5 Å². The minimum Gasteiger partial charge on any atom is -0.379 e. The summed E-state index contributed by atoms with van der Waals surface area (Å²) < 4.78 is 79.8. The molecule has 1 aromatic heterocycles. The van der Waals surface area contributed by atoms with Gasteiger partial charge in [-0.05, 0) is 18.2 Å². The number of anilines is 1. The first-order valence-corrected chi connectivity index (χ1v) is 13.5. The van der Waals surface area contributed by atoms with E-state index in [-0.39, 0.29) is 66.0 Å². The van der Waals surface area contributed by atoms with Crippen molar-refractivity contribution in [3.8, 4) is 11.1 Å². The van der Waals surface area contributed by atoms with Gasteiger partial charge in [-0.3, -0.25) is 9.36 Å². The second-order valence-electron chi connectivity index (χ2n) is 9.28. The Hall–Kier alpha value is -3.16. The molecule has 5 rings (SSSR count). The van der Waals surface area contributed by atoms with Crippen LogP contribution in [-0.2, 0) is 22.3 Å². The van der Waals surface area contributed by atoms with E-state index in [1.165, 1.54) is 22.7 Å². The average molecular weight is 601 g/mol. The van der Waals surface area contributed by atoms with Crippen molar-refractivity contribution in [1.82, 2.24) is 14.5 Å². The van der Waals surface area contributed by atoms with Crippen molar-refractivity contribution in [2.24, 2.45) is 0 Å². The van der Waals surface area contributed by atoms with Crippen LogP contribution in [0.2, 0.25) is 5.02 Å². The van der Waals surface area contributed by atoms with E-state index in [2.05, 4.69) is 11.6 Å². The van der Waals surface area contributed by atoms with Crippen molar-refractivity contribution in [3.05, 3.63) is 63.6 Å². The van der Waals surface area contributed by atoms with Crippen molar-refractivity contribution >= 4 is 46.0 Å². The fraction of sp³-hybridized carbons (Fsp3) is 0.346. The molecule has 2 aromatic carbocycles. The van der Waals surface area contributed by atoms with Crippen molar-refractivity contribution in [1.29, 1.82) is 0 Å². The molecule has 1 fully saturated rings. The molecule has 0 unspecified atom stereocenters. The zero-order valence-corrected chi connectivity index (χ0v) is 22.6. The van der Waals surface area contributed by atoms with Gasteiger partial charge in [-0.25, -0.2) is 13.6 Å². The van der Waals surface area contributed by atoms with Gasteiger partial charge in [0, 0.05) is 66.5 Å². The molecule has 1 amide bonds. The monoisotopic (exact) mass is 600 g/mol. The quantitative estimate of drug-likeness (QED) is 0.239. The van der Waals surface area contributed by atoms with Crippen LogP contribution >= 0.6 is 23.4 Å². The Bertz CT molecular complexity index is 1590. The third-order valence-corrected chi connectivity index (χ3v) is 8.50. The molecule has 2 aliphatic rings. The second-order valence-corrected chi connectivity index (χ2v) is 10.7. The molecule has 0 saturated carbocycles. The van der Waals surface area contributed by atoms with Gasteiger partial charge in [0.15, 0.2) is 0 Å². The number of hydrogen-bond acceptors (Lipinski definition) is 6. The van der Waals surface area contributed by atoms with E-state index in [9.17, 15) is 27.2 Å². The summed E-state index contributed by atoms with van der Waals surface area (Å²) in [6.07, 6.45) is -4.36. The number of nitrogens with zero attached hydrogens (tertiary/aromatic N) is 4. The highest BCUT2D eigenvalue weighted by atomic mass is 35.5. The van der Waals surface area contributed by atoms with Gasteiger partial charge in [0.25, 0.3) is 0 Å². The normalized spacial score (nSPS) is 17.7. The van der Waals surface area contributed by atoms with Crippen molar-refractivity contribution in [3.63, 3.8) is 0 Å². The number of amides is 1. The van der Waals surface area contributed by atoms with Gasteiger partial charge in [0.1, 0.15) is 17.5 Å². The number of hydrogen-bond donors (Lipinski definition) is 0. The smallest absolute Gasteiger partial charge is 0.379 e. The van der Waals surface area contributed by atoms with Gasteiger partial charge in [-0.2, -0.15) is 18.2 Å². The number of thioether (sulfide) groups is 1. The fourth-order valence-corrected chi connectivity index (χ4v) is 6.47. The van der Waals surface area contributed by atoms with Crippen LogP contribution in [-0.4, -0.2) is 65.5 Å². The summed E-state index contributed by atoms with van der Waals surface area (Å²) in [7, 11) is 1.41. The van der Waals surface area contributed by atoms with Gasteiger partial charge in [-0.1, -0.05) is 18.2 Å². The number of ether oxygens (including phenoxy) is 1. The summed E-state index contributed by atoms with van der Waals surface area (Å²) in [6, 6.07) is 2.10. The van der Waals surface area contributed by atoms with Gasteiger partial charge >= 0.3 is 11.9 Å². The molecule has 212 valence electrons. The number of rotatable bonds is 4. The predicted molar refractivity (Wildman–Crippen MR) is 142 cm³/mol. The third kappa shape index (κ3) is 4.94. The summed E-state index contributed by atoms with van der Waals surface area (Å²) in [4.78, 5) is 32.7. The molecule has 0 N–H and O–H groups in total. The van der Waals surface area contributed by atoms with Crippen LogP contribution in [0.1, 0.15) is 5.56 Å². The number of carbonyl (C=O) groups excluding carboxylic acids is 1. The molecule has 1 atom stereocenters. The standard InChI is InChI=1S/C26H22ClF5N4O3S/c1-3-20(37)34-4-6-35(7-5-34)24-15-8-16(26(30,31)32)21(14-9-17(27)19(29)10-18(14)28)23-22(15)36(25(38)33-24)11-13(39-2)12-40-23/h3,8-10,13H,1,4-7,11-12H2,2H3/t13-/m0/s1. The molecule has 2 aliphatic heterocycles. The average Bonchev–Trinajstić information content (AvgIpc) is 3.12. The molecule has 14 heteroatoms. The Kier molecular flexibility index (Phi) is 7.57. The summed E-state index contributed by atoms with van der Waals surface area (Å²) >= 11 is 6.86. The van der Waals surface area contributed by atoms with Crippen molar-refractivity contribution < 1.29 is 31.5 Å². The third-order valence-electron chi connectivity index (χ3n) is 6.98. The van der Waals surface area contributed by atoms with E-state index in [1.54, 1.807) is 4.90 Å². The molecule has 7 nitrogen and oxygen atoms in total. The molecule has 0 radical (unpaired) electrons. The minimum atomic E-state index is -4.96. The van der Waals surface area contributed by atoms with E-state index < -0.39 is 51.3 Å². The van der Waals surface area contributed by atoms with Crippen LogP contribution in [0.5, 0.6) is 0 Å². The largest absolute Gasteiger partial charge is 0.417 e. The first-order valence-electron chi connectivity index (χ1n) is 12.1. The lowest BCUT2D eigenvalue weighted by Crippen LogP contribution is -2.49. The van der Waals surface area contributed by atoms with E-state index in [0.717, 1.165) is 23.9 Å². The van der Waals surface area contributed by atoms with Crippen molar-refractivity contribution in [2.45, 2.75) is 23.7 Å². The lowest BCUT2D eigenvalue weighted by Gasteiger charge is -2.35. The number of methoxy groups -OCH3 is 1. The summed E-state index contributed by atoms with van der Waals surface area (Å²) in [5, 5.41) is -0.517. The number of alkyl halides is 3. The molecule has 1 saturated heterocycles. The Morgan fingerprint density at radius 2 is 1.88 bits per heavy atom. The molecule has 3 heterocycles. The van der Waals surface area contributed by atoms with E-state index >= 15 is 4.39 Å². The van der Waals surface area contributed by atoms with Crippen LogP contribution in [0.15, 0.2) is 40.5 Å². The molecular formula is C26H22ClF5N4O3S.